The highest BCUT2D eigenvalue weighted by Gasteiger charge is 2.37. The molecular formula is C25H24F4N2O4S2. The van der Waals surface area contributed by atoms with Crippen LogP contribution in [0, 0.1) is 5.82 Å². The maximum Gasteiger partial charge on any atom is 0.416 e. The number of carbonyl (C=O) groups excluding carboxylic acids is 1. The number of amides is 1. The minimum Gasteiger partial charge on any atom is -0.383 e. The van der Waals surface area contributed by atoms with Crippen LogP contribution in [-0.4, -0.2) is 56.9 Å². The Balaban J connectivity index is 1.66. The number of fused-ring (bicyclic) bond motifs is 1. The van der Waals surface area contributed by atoms with Gasteiger partial charge in [-0.15, -0.1) is 11.3 Å². The molecule has 198 valence electrons. The first kappa shape index (κ1) is 27.2. The zero-order valence-electron chi connectivity index (χ0n) is 19.7. The molecule has 0 spiro atoms. The third-order valence-electron chi connectivity index (χ3n) is 6.13. The number of sulfonamides is 1. The summed E-state index contributed by atoms with van der Waals surface area (Å²) in [6, 6.07) is 10.5. The summed E-state index contributed by atoms with van der Waals surface area (Å²) in [6.45, 7) is -0.601. The molecule has 0 radical (unpaired) electrons. The summed E-state index contributed by atoms with van der Waals surface area (Å²) >= 11 is 1.54. The predicted octanol–water partition coefficient (Wildman–Crippen LogP) is 4.72. The van der Waals surface area contributed by atoms with Crippen LogP contribution in [0.1, 0.15) is 27.6 Å². The number of ether oxygens (including phenoxy) is 1. The maximum atomic E-state index is 13.6. The van der Waals surface area contributed by atoms with Crippen LogP contribution in [0.3, 0.4) is 0 Å². The van der Waals surface area contributed by atoms with Crippen LogP contribution in [0.15, 0.2) is 64.9 Å². The Morgan fingerprint density at radius 3 is 2.57 bits per heavy atom. The van der Waals surface area contributed by atoms with Gasteiger partial charge in [0, 0.05) is 25.1 Å². The summed E-state index contributed by atoms with van der Waals surface area (Å²) < 4.78 is 85.9. The van der Waals surface area contributed by atoms with Gasteiger partial charge in [0.1, 0.15) is 5.82 Å². The molecule has 0 fully saturated rings. The minimum absolute atomic E-state index is 0.0679. The summed E-state index contributed by atoms with van der Waals surface area (Å²) in [4.78, 5) is 15.6. The van der Waals surface area contributed by atoms with E-state index >= 15 is 0 Å². The number of hydrogen-bond acceptors (Lipinski definition) is 5. The Labute approximate surface area is 216 Å². The van der Waals surface area contributed by atoms with E-state index in [4.69, 9.17) is 4.74 Å². The van der Waals surface area contributed by atoms with E-state index in [2.05, 4.69) is 0 Å². The van der Waals surface area contributed by atoms with Crippen LogP contribution >= 0.6 is 11.3 Å². The van der Waals surface area contributed by atoms with E-state index in [1.54, 1.807) is 23.5 Å². The standard InChI is InChI=1S/C25H24F4N2O4S2/c1-35-13-12-30(37(33,34)20-4-2-3-18(15-20)25(27,28)29)16-23(32)31-11-9-22-21(10-14-36-22)24(31)17-5-7-19(26)8-6-17/h2-8,10,14-15,24H,9,11-13,16H2,1H3. The normalized spacial score (nSPS) is 16.2. The van der Waals surface area contributed by atoms with E-state index in [1.807, 2.05) is 11.4 Å². The Morgan fingerprint density at radius 1 is 1.16 bits per heavy atom. The van der Waals surface area contributed by atoms with E-state index in [0.29, 0.717) is 24.6 Å². The molecule has 0 saturated carbocycles. The average molecular weight is 557 g/mol. The highest BCUT2D eigenvalue weighted by atomic mass is 32.2. The summed E-state index contributed by atoms with van der Waals surface area (Å²) in [5.41, 5.74) is 0.433. The van der Waals surface area contributed by atoms with Crippen molar-refractivity contribution >= 4 is 27.3 Å². The summed E-state index contributed by atoms with van der Waals surface area (Å²) in [5.74, 6) is -0.960. The van der Waals surface area contributed by atoms with Crippen molar-refractivity contribution in [3.8, 4) is 0 Å². The van der Waals surface area contributed by atoms with Gasteiger partial charge in [-0.25, -0.2) is 12.8 Å². The van der Waals surface area contributed by atoms with Crippen molar-refractivity contribution in [2.24, 2.45) is 0 Å². The first-order valence-corrected chi connectivity index (χ1v) is 13.6. The Kier molecular flexibility index (Phi) is 8.02. The van der Waals surface area contributed by atoms with Gasteiger partial charge < -0.3 is 9.64 Å². The van der Waals surface area contributed by atoms with E-state index in [9.17, 15) is 30.8 Å². The molecule has 2 heterocycles. The molecule has 3 aromatic rings. The van der Waals surface area contributed by atoms with Crippen molar-refractivity contribution in [3.63, 3.8) is 0 Å². The number of carbonyl (C=O) groups is 1. The Morgan fingerprint density at radius 2 is 1.89 bits per heavy atom. The second kappa shape index (κ2) is 10.9. The SMILES string of the molecule is COCCN(CC(=O)N1CCc2sccc2C1c1ccc(F)cc1)S(=O)(=O)c1cccc(C(F)(F)F)c1. The Bertz CT molecular complexity index is 1360. The highest BCUT2D eigenvalue weighted by molar-refractivity contribution is 7.89. The van der Waals surface area contributed by atoms with Gasteiger partial charge in [-0.05, 0) is 59.3 Å². The van der Waals surface area contributed by atoms with Crippen molar-refractivity contribution in [3.05, 3.63) is 87.4 Å². The smallest absolute Gasteiger partial charge is 0.383 e. The molecule has 0 bridgehead atoms. The van der Waals surface area contributed by atoms with E-state index in [1.165, 1.54) is 24.1 Å². The van der Waals surface area contributed by atoms with E-state index in [0.717, 1.165) is 32.9 Å². The number of benzene rings is 2. The minimum atomic E-state index is -4.73. The molecule has 0 aliphatic carbocycles. The molecule has 0 saturated heterocycles. The lowest BCUT2D eigenvalue weighted by Crippen LogP contribution is -2.47. The van der Waals surface area contributed by atoms with Crippen molar-refractivity contribution in [2.45, 2.75) is 23.5 Å². The van der Waals surface area contributed by atoms with Gasteiger partial charge in [0.15, 0.2) is 0 Å². The van der Waals surface area contributed by atoms with Crippen LogP contribution in [0.25, 0.3) is 0 Å². The monoisotopic (exact) mass is 556 g/mol. The number of thiophene rings is 1. The fourth-order valence-electron chi connectivity index (χ4n) is 4.29. The first-order valence-electron chi connectivity index (χ1n) is 11.3. The van der Waals surface area contributed by atoms with Crippen LogP contribution in [0.2, 0.25) is 0 Å². The van der Waals surface area contributed by atoms with E-state index < -0.39 is 51.0 Å². The molecule has 6 nitrogen and oxygen atoms in total. The molecule has 1 atom stereocenters. The molecular weight excluding hydrogens is 532 g/mol. The first-order chi connectivity index (χ1) is 17.5. The molecule has 4 rings (SSSR count). The quantitative estimate of drug-likeness (QED) is 0.377. The second-order valence-corrected chi connectivity index (χ2v) is 11.4. The molecule has 37 heavy (non-hydrogen) atoms. The molecule has 2 aromatic carbocycles. The summed E-state index contributed by atoms with van der Waals surface area (Å²) in [7, 11) is -3.12. The summed E-state index contributed by atoms with van der Waals surface area (Å²) in [5, 5.41) is 1.90. The van der Waals surface area contributed by atoms with Gasteiger partial charge in [-0.3, -0.25) is 4.79 Å². The van der Waals surface area contributed by atoms with Gasteiger partial charge in [-0.1, -0.05) is 18.2 Å². The van der Waals surface area contributed by atoms with Crippen LogP contribution < -0.4 is 0 Å². The largest absolute Gasteiger partial charge is 0.416 e. The van der Waals surface area contributed by atoms with Crippen LogP contribution in [0.5, 0.6) is 0 Å². The van der Waals surface area contributed by atoms with Gasteiger partial charge in [0.05, 0.1) is 29.7 Å². The van der Waals surface area contributed by atoms with Gasteiger partial charge >= 0.3 is 6.18 Å². The lowest BCUT2D eigenvalue weighted by Gasteiger charge is -2.37. The number of nitrogens with zero attached hydrogens (tertiary/aromatic N) is 2. The number of alkyl halides is 3. The second-order valence-electron chi connectivity index (χ2n) is 8.45. The number of hydrogen-bond donors (Lipinski definition) is 0. The Hall–Kier alpha value is -2.80. The third kappa shape index (κ3) is 5.87. The predicted molar refractivity (Wildman–Crippen MR) is 130 cm³/mol. The molecule has 1 aliphatic heterocycles. The van der Waals surface area contributed by atoms with Crippen molar-refractivity contribution in [2.75, 3.05) is 33.4 Å². The van der Waals surface area contributed by atoms with Crippen molar-refractivity contribution in [1.29, 1.82) is 0 Å². The molecule has 1 amide bonds. The van der Waals surface area contributed by atoms with E-state index in [-0.39, 0.29) is 13.2 Å². The average Bonchev–Trinajstić information content (AvgIpc) is 3.35. The molecule has 1 aliphatic rings. The lowest BCUT2D eigenvalue weighted by atomic mass is 9.93. The maximum absolute atomic E-state index is 13.6. The molecule has 0 N–H and O–H groups in total. The zero-order chi connectivity index (χ0) is 26.8. The van der Waals surface area contributed by atoms with Crippen molar-refractivity contribution < 1.29 is 35.5 Å². The highest BCUT2D eigenvalue weighted by Crippen LogP contribution is 2.38. The third-order valence-corrected chi connectivity index (χ3v) is 8.97. The fourth-order valence-corrected chi connectivity index (χ4v) is 6.61. The molecule has 1 unspecified atom stereocenters. The number of methoxy groups -OCH3 is 1. The molecule has 1 aromatic heterocycles. The molecule has 12 heteroatoms. The van der Waals surface area contributed by atoms with Gasteiger partial charge in [0.25, 0.3) is 0 Å². The van der Waals surface area contributed by atoms with Gasteiger partial charge in [0.2, 0.25) is 15.9 Å². The van der Waals surface area contributed by atoms with Crippen LogP contribution in [0.4, 0.5) is 17.6 Å². The van der Waals surface area contributed by atoms with Gasteiger partial charge in [-0.2, -0.15) is 17.5 Å². The van der Waals surface area contributed by atoms with Crippen LogP contribution in [-0.2, 0) is 32.2 Å². The number of rotatable bonds is 8. The topological polar surface area (TPSA) is 66.9 Å². The summed E-state index contributed by atoms with van der Waals surface area (Å²) in [6.07, 6.45) is -4.16. The van der Waals surface area contributed by atoms with Crippen molar-refractivity contribution in [1.82, 2.24) is 9.21 Å². The number of halogens is 4. The fraction of sp³-hybridized carbons (Fsp3) is 0.320. The lowest BCUT2D eigenvalue weighted by molar-refractivity contribution is -0.137. The zero-order valence-corrected chi connectivity index (χ0v) is 21.4.